The van der Waals surface area contributed by atoms with E-state index in [4.69, 9.17) is 5.73 Å². The Bertz CT molecular complexity index is 248. The van der Waals surface area contributed by atoms with Gasteiger partial charge in [0.2, 0.25) is 5.91 Å². The molecule has 0 heterocycles. The summed E-state index contributed by atoms with van der Waals surface area (Å²) in [7, 11) is 0. The van der Waals surface area contributed by atoms with Crippen molar-refractivity contribution >= 4 is 5.91 Å². The lowest BCUT2D eigenvalue weighted by atomic mass is 9.81. The molecule has 4 N–H and O–H groups in total. The standard InChI is InChI=1S/C13H26N2O2/c1-10(2)8-11(9-16)15-12(17)13(14)6-4-3-5-7-13/h10-11,16H,3-9,14H2,1-2H3,(H,15,17). The first kappa shape index (κ1) is 14.5. The van der Waals surface area contributed by atoms with E-state index in [-0.39, 0.29) is 18.6 Å². The monoisotopic (exact) mass is 242 g/mol. The maximum atomic E-state index is 12.1. The van der Waals surface area contributed by atoms with Crippen molar-refractivity contribution in [2.45, 2.75) is 64.0 Å². The highest BCUT2D eigenvalue weighted by Crippen LogP contribution is 2.26. The molecule has 0 aromatic rings. The summed E-state index contributed by atoms with van der Waals surface area (Å²) in [5.74, 6) is 0.365. The number of rotatable bonds is 5. The van der Waals surface area contributed by atoms with Crippen LogP contribution in [-0.2, 0) is 4.79 Å². The second-order valence-electron chi connectivity index (χ2n) is 5.70. The smallest absolute Gasteiger partial charge is 0.240 e. The largest absolute Gasteiger partial charge is 0.394 e. The van der Waals surface area contributed by atoms with Crippen LogP contribution in [0.2, 0.25) is 0 Å². The first-order valence-corrected chi connectivity index (χ1v) is 6.68. The van der Waals surface area contributed by atoms with E-state index >= 15 is 0 Å². The van der Waals surface area contributed by atoms with Crippen molar-refractivity contribution in [3.8, 4) is 0 Å². The van der Waals surface area contributed by atoms with Crippen molar-refractivity contribution in [1.29, 1.82) is 0 Å². The number of aliphatic hydroxyl groups excluding tert-OH is 1. The molecule has 100 valence electrons. The van der Waals surface area contributed by atoms with Crippen molar-refractivity contribution in [1.82, 2.24) is 5.32 Å². The topological polar surface area (TPSA) is 75.3 Å². The number of hydrogen-bond acceptors (Lipinski definition) is 3. The van der Waals surface area contributed by atoms with E-state index in [1.165, 1.54) is 6.42 Å². The third-order valence-electron chi connectivity index (χ3n) is 3.51. The first-order chi connectivity index (χ1) is 7.98. The third-order valence-corrected chi connectivity index (χ3v) is 3.51. The van der Waals surface area contributed by atoms with Gasteiger partial charge in [-0.25, -0.2) is 0 Å². The molecule has 1 fully saturated rings. The maximum absolute atomic E-state index is 12.1. The van der Waals surface area contributed by atoms with Gasteiger partial charge in [-0.05, 0) is 25.2 Å². The lowest BCUT2D eigenvalue weighted by Gasteiger charge is -2.33. The number of aliphatic hydroxyl groups is 1. The Morgan fingerprint density at radius 1 is 1.35 bits per heavy atom. The van der Waals surface area contributed by atoms with Crippen LogP contribution < -0.4 is 11.1 Å². The van der Waals surface area contributed by atoms with Gasteiger partial charge in [-0.2, -0.15) is 0 Å². The molecule has 4 nitrogen and oxygen atoms in total. The van der Waals surface area contributed by atoms with Crippen LogP contribution in [0.15, 0.2) is 0 Å². The zero-order valence-electron chi connectivity index (χ0n) is 11.0. The fourth-order valence-electron chi connectivity index (χ4n) is 2.49. The van der Waals surface area contributed by atoms with Crippen molar-refractivity contribution in [2.75, 3.05) is 6.61 Å². The summed E-state index contributed by atoms with van der Waals surface area (Å²) >= 11 is 0. The van der Waals surface area contributed by atoms with E-state index in [9.17, 15) is 9.90 Å². The summed E-state index contributed by atoms with van der Waals surface area (Å²) in [6.07, 6.45) is 5.53. The Balaban J connectivity index is 2.50. The van der Waals surface area contributed by atoms with Crippen LogP contribution in [-0.4, -0.2) is 29.2 Å². The van der Waals surface area contributed by atoms with E-state index in [0.29, 0.717) is 5.92 Å². The highest BCUT2D eigenvalue weighted by Gasteiger charge is 2.36. The quantitative estimate of drug-likeness (QED) is 0.677. The second kappa shape index (κ2) is 6.36. The molecule has 17 heavy (non-hydrogen) atoms. The predicted molar refractivity (Wildman–Crippen MR) is 68.5 cm³/mol. The number of carbonyl (C=O) groups excluding carboxylic acids is 1. The zero-order valence-corrected chi connectivity index (χ0v) is 11.0. The average molecular weight is 242 g/mol. The van der Waals surface area contributed by atoms with Gasteiger partial charge < -0.3 is 16.2 Å². The molecule has 1 rings (SSSR count). The highest BCUT2D eigenvalue weighted by atomic mass is 16.3. The number of carbonyl (C=O) groups is 1. The number of nitrogens with two attached hydrogens (primary N) is 1. The fourth-order valence-corrected chi connectivity index (χ4v) is 2.49. The molecule has 0 aliphatic heterocycles. The van der Waals surface area contributed by atoms with Gasteiger partial charge in [0.15, 0.2) is 0 Å². The van der Waals surface area contributed by atoms with Crippen LogP contribution in [0.25, 0.3) is 0 Å². The van der Waals surface area contributed by atoms with E-state index in [2.05, 4.69) is 19.2 Å². The molecular weight excluding hydrogens is 216 g/mol. The van der Waals surface area contributed by atoms with Crippen LogP contribution in [0.4, 0.5) is 0 Å². The number of nitrogens with one attached hydrogen (secondary N) is 1. The van der Waals surface area contributed by atoms with Crippen LogP contribution >= 0.6 is 0 Å². The molecule has 1 aliphatic rings. The fraction of sp³-hybridized carbons (Fsp3) is 0.923. The Labute approximate surface area is 104 Å². The molecule has 0 spiro atoms. The highest BCUT2D eigenvalue weighted by molar-refractivity contribution is 5.86. The number of hydrogen-bond donors (Lipinski definition) is 3. The predicted octanol–water partition coefficient (Wildman–Crippen LogP) is 1.17. The lowest BCUT2D eigenvalue weighted by molar-refractivity contribution is -0.128. The minimum atomic E-state index is -0.706. The van der Waals surface area contributed by atoms with Gasteiger partial charge in [-0.15, -0.1) is 0 Å². The van der Waals surface area contributed by atoms with Crippen LogP contribution in [0.5, 0.6) is 0 Å². The lowest BCUT2D eigenvalue weighted by Crippen LogP contribution is -2.57. The molecule has 0 aromatic heterocycles. The maximum Gasteiger partial charge on any atom is 0.240 e. The van der Waals surface area contributed by atoms with E-state index in [0.717, 1.165) is 32.1 Å². The van der Waals surface area contributed by atoms with Gasteiger partial charge in [-0.3, -0.25) is 4.79 Å². The second-order valence-corrected chi connectivity index (χ2v) is 5.70. The van der Waals surface area contributed by atoms with Gasteiger partial charge in [0.1, 0.15) is 0 Å². The Kier molecular flexibility index (Phi) is 5.40. The van der Waals surface area contributed by atoms with Gasteiger partial charge >= 0.3 is 0 Å². The molecule has 4 heteroatoms. The number of amides is 1. The third kappa shape index (κ3) is 4.28. The summed E-state index contributed by atoms with van der Waals surface area (Å²) in [6, 6.07) is -0.162. The van der Waals surface area contributed by atoms with Crippen LogP contribution in [0, 0.1) is 5.92 Å². The molecule has 0 radical (unpaired) electrons. The van der Waals surface area contributed by atoms with Crippen molar-refractivity contribution in [3.63, 3.8) is 0 Å². The van der Waals surface area contributed by atoms with Crippen molar-refractivity contribution < 1.29 is 9.90 Å². The summed E-state index contributed by atoms with van der Waals surface area (Å²) in [5.41, 5.74) is 5.44. The molecule has 1 saturated carbocycles. The minimum Gasteiger partial charge on any atom is -0.394 e. The molecule has 1 aliphatic carbocycles. The van der Waals surface area contributed by atoms with Crippen LogP contribution in [0.1, 0.15) is 52.4 Å². The molecule has 0 saturated heterocycles. The molecule has 1 amide bonds. The molecule has 0 aromatic carbocycles. The van der Waals surface area contributed by atoms with Crippen molar-refractivity contribution in [2.24, 2.45) is 11.7 Å². The SMILES string of the molecule is CC(C)CC(CO)NC(=O)C1(N)CCCCC1. The van der Waals surface area contributed by atoms with Gasteiger partial charge in [-0.1, -0.05) is 33.1 Å². The van der Waals surface area contributed by atoms with E-state index in [1.54, 1.807) is 0 Å². The summed E-state index contributed by atoms with van der Waals surface area (Å²) in [6.45, 7) is 4.14. The van der Waals surface area contributed by atoms with E-state index < -0.39 is 5.54 Å². The zero-order chi connectivity index (χ0) is 12.9. The first-order valence-electron chi connectivity index (χ1n) is 6.68. The summed E-state index contributed by atoms with van der Waals surface area (Å²) in [4.78, 5) is 12.1. The average Bonchev–Trinajstić information content (AvgIpc) is 2.28. The summed E-state index contributed by atoms with van der Waals surface area (Å²) in [5, 5.41) is 12.1. The Morgan fingerprint density at radius 3 is 2.41 bits per heavy atom. The minimum absolute atomic E-state index is 0.0139. The normalized spacial score (nSPS) is 21.2. The molecule has 1 unspecified atom stereocenters. The Hall–Kier alpha value is -0.610. The molecule has 1 atom stereocenters. The Morgan fingerprint density at radius 2 is 1.94 bits per heavy atom. The molecule has 0 bridgehead atoms. The van der Waals surface area contributed by atoms with Gasteiger partial charge in [0.25, 0.3) is 0 Å². The van der Waals surface area contributed by atoms with Crippen molar-refractivity contribution in [3.05, 3.63) is 0 Å². The van der Waals surface area contributed by atoms with Crippen LogP contribution in [0.3, 0.4) is 0 Å². The summed E-state index contributed by atoms with van der Waals surface area (Å²) < 4.78 is 0. The van der Waals surface area contributed by atoms with E-state index in [1.807, 2.05) is 0 Å². The van der Waals surface area contributed by atoms with Gasteiger partial charge in [0.05, 0.1) is 18.2 Å². The van der Waals surface area contributed by atoms with Gasteiger partial charge in [0, 0.05) is 0 Å². The molecular formula is C13H26N2O2.